The number of amides is 1. The van der Waals surface area contributed by atoms with E-state index in [2.05, 4.69) is 5.32 Å². The predicted molar refractivity (Wildman–Crippen MR) is 93.0 cm³/mol. The highest BCUT2D eigenvalue weighted by Crippen LogP contribution is 2.46. The molecule has 0 spiro atoms. The molecular formula is C19H21ClN2O. The lowest BCUT2D eigenvalue weighted by atomic mass is 9.93. The fraction of sp³-hybridized carbons (Fsp3) is 0.316. The van der Waals surface area contributed by atoms with Gasteiger partial charge >= 0.3 is 0 Å². The van der Waals surface area contributed by atoms with E-state index in [1.807, 2.05) is 61.5 Å². The van der Waals surface area contributed by atoms with Gasteiger partial charge in [0.25, 0.3) is 0 Å². The van der Waals surface area contributed by atoms with E-state index in [4.69, 9.17) is 17.3 Å². The molecule has 23 heavy (non-hydrogen) atoms. The van der Waals surface area contributed by atoms with Gasteiger partial charge in [-0.05, 0) is 36.1 Å². The topological polar surface area (TPSA) is 55.1 Å². The van der Waals surface area contributed by atoms with Gasteiger partial charge in [-0.2, -0.15) is 0 Å². The van der Waals surface area contributed by atoms with Crippen LogP contribution in [0.15, 0.2) is 54.6 Å². The zero-order chi connectivity index (χ0) is 16.4. The first-order valence-corrected chi connectivity index (χ1v) is 8.28. The van der Waals surface area contributed by atoms with Crippen LogP contribution in [0.25, 0.3) is 0 Å². The standard InChI is InChI=1S/C19H21ClN2O/c1-13(17(21)14-6-3-2-4-7-14)18(23)22-19(10-11-19)15-8-5-9-16(20)12-15/h2-9,12-13,17H,10-11,21H2,1H3,(H,22,23). The van der Waals surface area contributed by atoms with E-state index in [1.54, 1.807) is 0 Å². The Kier molecular flexibility index (Phi) is 4.42. The van der Waals surface area contributed by atoms with Gasteiger partial charge in [-0.1, -0.05) is 61.0 Å². The second kappa shape index (κ2) is 6.34. The first kappa shape index (κ1) is 16.0. The third kappa shape index (κ3) is 3.41. The normalized spacial score (nSPS) is 18.0. The largest absolute Gasteiger partial charge is 0.346 e. The van der Waals surface area contributed by atoms with Crippen LogP contribution in [0, 0.1) is 5.92 Å². The van der Waals surface area contributed by atoms with E-state index < -0.39 is 0 Å². The number of hydrogen-bond acceptors (Lipinski definition) is 2. The minimum atomic E-state index is -0.314. The van der Waals surface area contributed by atoms with Crippen LogP contribution in [0.1, 0.15) is 36.9 Å². The summed E-state index contributed by atoms with van der Waals surface area (Å²) < 4.78 is 0. The fourth-order valence-electron chi connectivity index (χ4n) is 2.87. The third-order valence-electron chi connectivity index (χ3n) is 4.63. The molecule has 1 aliphatic carbocycles. The van der Waals surface area contributed by atoms with Crippen LogP contribution < -0.4 is 11.1 Å². The Morgan fingerprint density at radius 2 is 1.87 bits per heavy atom. The number of carbonyl (C=O) groups is 1. The van der Waals surface area contributed by atoms with E-state index in [1.165, 1.54) is 0 Å². The van der Waals surface area contributed by atoms with Crippen molar-refractivity contribution >= 4 is 17.5 Å². The van der Waals surface area contributed by atoms with Gasteiger partial charge in [0.1, 0.15) is 0 Å². The average molecular weight is 329 g/mol. The fourth-order valence-corrected chi connectivity index (χ4v) is 3.06. The first-order chi connectivity index (χ1) is 11.0. The molecule has 2 aromatic rings. The summed E-state index contributed by atoms with van der Waals surface area (Å²) in [4.78, 5) is 12.6. The molecule has 3 rings (SSSR count). The highest BCUT2D eigenvalue weighted by Gasteiger charge is 2.46. The summed E-state index contributed by atoms with van der Waals surface area (Å²) in [6.45, 7) is 1.88. The van der Waals surface area contributed by atoms with Crippen LogP contribution in [0.4, 0.5) is 0 Å². The molecule has 120 valence electrons. The summed E-state index contributed by atoms with van der Waals surface area (Å²) >= 11 is 6.08. The molecule has 0 heterocycles. The summed E-state index contributed by atoms with van der Waals surface area (Å²) in [5.74, 6) is -0.312. The molecule has 0 aromatic heterocycles. The Morgan fingerprint density at radius 3 is 2.48 bits per heavy atom. The van der Waals surface area contributed by atoms with Crippen molar-refractivity contribution < 1.29 is 4.79 Å². The third-order valence-corrected chi connectivity index (χ3v) is 4.86. The smallest absolute Gasteiger partial charge is 0.225 e. The highest BCUT2D eigenvalue weighted by molar-refractivity contribution is 6.30. The van der Waals surface area contributed by atoms with Crippen molar-refractivity contribution in [1.82, 2.24) is 5.32 Å². The van der Waals surface area contributed by atoms with Gasteiger partial charge in [-0.3, -0.25) is 4.79 Å². The van der Waals surface area contributed by atoms with Crippen LogP contribution in [-0.2, 0) is 10.3 Å². The number of hydrogen-bond donors (Lipinski definition) is 2. The number of nitrogens with two attached hydrogens (primary N) is 1. The zero-order valence-electron chi connectivity index (χ0n) is 13.1. The van der Waals surface area contributed by atoms with Crippen molar-refractivity contribution in [2.24, 2.45) is 11.7 Å². The van der Waals surface area contributed by atoms with Crippen LogP contribution >= 0.6 is 11.6 Å². The van der Waals surface area contributed by atoms with Gasteiger partial charge in [-0.25, -0.2) is 0 Å². The predicted octanol–water partition coefficient (Wildman–Crippen LogP) is 3.78. The van der Waals surface area contributed by atoms with Crippen molar-refractivity contribution in [2.45, 2.75) is 31.3 Å². The molecule has 3 nitrogen and oxygen atoms in total. The molecule has 3 N–H and O–H groups in total. The highest BCUT2D eigenvalue weighted by atomic mass is 35.5. The summed E-state index contributed by atoms with van der Waals surface area (Å²) in [5.41, 5.74) is 8.03. The second-order valence-corrected chi connectivity index (χ2v) is 6.74. The second-order valence-electron chi connectivity index (χ2n) is 6.31. The van der Waals surface area contributed by atoms with Gasteiger partial charge in [0, 0.05) is 11.1 Å². The van der Waals surface area contributed by atoms with Gasteiger partial charge < -0.3 is 11.1 Å². The van der Waals surface area contributed by atoms with E-state index in [9.17, 15) is 4.79 Å². The van der Waals surface area contributed by atoms with Crippen molar-refractivity contribution in [3.63, 3.8) is 0 Å². The van der Waals surface area contributed by atoms with Crippen molar-refractivity contribution in [1.29, 1.82) is 0 Å². The quantitative estimate of drug-likeness (QED) is 0.877. The average Bonchev–Trinajstić information content (AvgIpc) is 3.35. The van der Waals surface area contributed by atoms with Gasteiger partial charge in [0.2, 0.25) is 5.91 Å². The molecule has 0 aliphatic heterocycles. The molecule has 2 unspecified atom stereocenters. The number of halogens is 1. The molecule has 1 saturated carbocycles. The van der Waals surface area contributed by atoms with Crippen molar-refractivity contribution in [3.05, 3.63) is 70.7 Å². The maximum atomic E-state index is 12.6. The SMILES string of the molecule is CC(C(=O)NC1(c2cccc(Cl)c2)CC1)C(N)c1ccccc1. The minimum absolute atomic E-state index is 0.0150. The number of benzene rings is 2. The summed E-state index contributed by atoms with van der Waals surface area (Å²) in [6.07, 6.45) is 1.87. The Hall–Kier alpha value is -1.84. The number of rotatable bonds is 5. The van der Waals surface area contributed by atoms with Gasteiger partial charge in [0.05, 0.1) is 11.5 Å². The zero-order valence-corrected chi connectivity index (χ0v) is 13.9. The van der Waals surface area contributed by atoms with E-state index >= 15 is 0 Å². The molecule has 0 bridgehead atoms. The molecule has 1 fully saturated rings. The summed E-state index contributed by atoms with van der Waals surface area (Å²) in [7, 11) is 0. The van der Waals surface area contributed by atoms with Crippen LogP contribution in [0.5, 0.6) is 0 Å². The molecule has 4 heteroatoms. The number of nitrogens with one attached hydrogen (secondary N) is 1. The molecule has 1 amide bonds. The molecule has 0 saturated heterocycles. The number of carbonyl (C=O) groups excluding carboxylic acids is 1. The van der Waals surface area contributed by atoms with Crippen LogP contribution in [0.3, 0.4) is 0 Å². The molecular weight excluding hydrogens is 308 g/mol. The Bertz CT molecular complexity index is 698. The Morgan fingerprint density at radius 1 is 1.17 bits per heavy atom. The van der Waals surface area contributed by atoms with E-state index in [0.717, 1.165) is 24.0 Å². The minimum Gasteiger partial charge on any atom is -0.346 e. The first-order valence-electron chi connectivity index (χ1n) is 7.90. The molecule has 2 atom stereocenters. The molecule has 1 aliphatic rings. The molecule has 2 aromatic carbocycles. The lowest BCUT2D eigenvalue weighted by Crippen LogP contribution is -2.41. The van der Waals surface area contributed by atoms with Crippen LogP contribution in [-0.4, -0.2) is 5.91 Å². The lowest BCUT2D eigenvalue weighted by molar-refractivity contribution is -0.126. The maximum absolute atomic E-state index is 12.6. The van der Waals surface area contributed by atoms with E-state index in [-0.39, 0.29) is 23.4 Å². The van der Waals surface area contributed by atoms with Crippen molar-refractivity contribution in [2.75, 3.05) is 0 Å². The Balaban J connectivity index is 1.71. The van der Waals surface area contributed by atoms with Gasteiger partial charge in [0.15, 0.2) is 0 Å². The lowest BCUT2D eigenvalue weighted by Gasteiger charge is -2.24. The monoisotopic (exact) mass is 328 g/mol. The molecule has 0 radical (unpaired) electrons. The van der Waals surface area contributed by atoms with Gasteiger partial charge in [-0.15, -0.1) is 0 Å². The van der Waals surface area contributed by atoms with E-state index in [0.29, 0.717) is 5.02 Å². The summed E-state index contributed by atoms with van der Waals surface area (Å²) in [6, 6.07) is 17.1. The van der Waals surface area contributed by atoms with Crippen LogP contribution in [0.2, 0.25) is 5.02 Å². The summed E-state index contributed by atoms with van der Waals surface area (Å²) in [5, 5.41) is 3.88. The van der Waals surface area contributed by atoms with Crippen molar-refractivity contribution in [3.8, 4) is 0 Å². The maximum Gasteiger partial charge on any atom is 0.225 e. The Labute approximate surface area is 141 Å².